The Morgan fingerprint density at radius 1 is 1.29 bits per heavy atom. The van der Waals surface area contributed by atoms with Crippen LogP contribution in [0, 0.1) is 0 Å². The van der Waals surface area contributed by atoms with Crippen molar-refractivity contribution in [2.24, 2.45) is 0 Å². The van der Waals surface area contributed by atoms with Crippen molar-refractivity contribution in [1.29, 1.82) is 0 Å². The summed E-state index contributed by atoms with van der Waals surface area (Å²) in [6.45, 7) is 3.80. The maximum absolute atomic E-state index is 11.0. The summed E-state index contributed by atoms with van der Waals surface area (Å²) in [4.78, 5) is 0. The Hall–Kier alpha value is 0.240. The van der Waals surface area contributed by atoms with E-state index in [0.717, 1.165) is 0 Å². The van der Waals surface area contributed by atoms with Crippen molar-refractivity contribution in [3.63, 3.8) is 0 Å². The first-order valence-corrected chi connectivity index (χ1v) is 6.77. The summed E-state index contributed by atoms with van der Waals surface area (Å²) in [7, 11) is 0. The molecular formula is C9H13ClO6S. The molecule has 3 fully saturated rings. The lowest BCUT2D eigenvalue weighted by Crippen LogP contribution is -2.38. The standard InChI is InChI=1S/C9H13ClO6S/c1-9(2)14-7-5(10)6(13-8(7)15-9)4-3-12-17(11)16-4/h4-8H,3H2,1-2H3. The smallest absolute Gasteiger partial charge is 0.305 e. The molecule has 0 radical (unpaired) electrons. The Morgan fingerprint density at radius 3 is 2.65 bits per heavy atom. The summed E-state index contributed by atoms with van der Waals surface area (Å²) in [6, 6.07) is 0. The highest BCUT2D eigenvalue weighted by molar-refractivity contribution is 7.75. The summed E-state index contributed by atoms with van der Waals surface area (Å²) in [5.74, 6) is -0.691. The van der Waals surface area contributed by atoms with Crippen LogP contribution in [-0.4, -0.2) is 46.6 Å². The topological polar surface area (TPSA) is 63.2 Å². The van der Waals surface area contributed by atoms with Crippen LogP contribution >= 0.6 is 11.6 Å². The van der Waals surface area contributed by atoms with Gasteiger partial charge in [-0.15, -0.1) is 11.6 Å². The first-order chi connectivity index (χ1) is 7.96. The zero-order valence-electron chi connectivity index (χ0n) is 9.33. The molecule has 98 valence electrons. The minimum absolute atomic E-state index is 0.198. The van der Waals surface area contributed by atoms with E-state index in [2.05, 4.69) is 0 Å². The van der Waals surface area contributed by atoms with Crippen LogP contribution in [0.4, 0.5) is 0 Å². The SMILES string of the molecule is CC1(C)OC2OC(C3COS(=O)O3)C(Cl)C2O1. The van der Waals surface area contributed by atoms with Gasteiger partial charge < -0.3 is 14.2 Å². The maximum atomic E-state index is 11.0. The molecule has 0 aromatic carbocycles. The Morgan fingerprint density at radius 2 is 2.06 bits per heavy atom. The van der Waals surface area contributed by atoms with Crippen molar-refractivity contribution in [2.75, 3.05) is 6.61 Å². The molecule has 0 amide bonds. The lowest BCUT2D eigenvalue weighted by Gasteiger charge is -2.24. The van der Waals surface area contributed by atoms with Crippen LogP contribution in [0.5, 0.6) is 0 Å². The number of hydrogen-bond donors (Lipinski definition) is 0. The van der Waals surface area contributed by atoms with Crippen LogP contribution in [0.3, 0.4) is 0 Å². The van der Waals surface area contributed by atoms with Crippen LogP contribution in [0.25, 0.3) is 0 Å². The molecule has 0 saturated carbocycles. The third-order valence-corrected chi connectivity index (χ3v) is 4.13. The van der Waals surface area contributed by atoms with Gasteiger partial charge in [0, 0.05) is 0 Å². The van der Waals surface area contributed by atoms with E-state index in [1.807, 2.05) is 0 Å². The number of alkyl halides is 1. The molecule has 3 heterocycles. The van der Waals surface area contributed by atoms with E-state index in [0.29, 0.717) is 0 Å². The van der Waals surface area contributed by atoms with Gasteiger partial charge in [-0.2, -0.15) is 4.21 Å². The molecule has 0 aromatic heterocycles. The summed E-state index contributed by atoms with van der Waals surface area (Å²) in [6.07, 6.45) is -1.72. The van der Waals surface area contributed by atoms with E-state index in [1.165, 1.54) is 0 Å². The second kappa shape index (κ2) is 4.12. The van der Waals surface area contributed by atoms with Gasteiger partial charge in [0.2, 0.25) is 0 Å². The van der Waals surface area contributed by atoms with E-state index >= 15 is 0 Å². The zero-order valence-corrected chi connectivity index (χ0v) is 10.9. The Kier molecular flexibility index (Phi) is 2.98. The molecular weight excluding hydrogens is 272 g/mol. The van der Waals surface area contributed by atoms with Crippen LogP contribution in [0.15, 0.2) is 0 Å². The number of halogens is 1. The van der Waals surface area contributed by atoms with E-state index in [1.54, 1.807) is 13.8 Å². The monoisotopic (exact) mass is 284 g/mol. The number of ether oxygens (including phenoxy) is 3. The van der Waals surface area contributed by atoms with E-state index in [9.17, 15) is 4.21 Å². The normalized spacial score (nSPS) is 52.9. The highest BCUT2D eigenvalue weighted by Crippen LogP contribution is 2.41. The third-order valence-electron chi connectivity index (χ3n) is 2.90. The number of rotatable bonds is 1. The minimum Gasteiger partial charge on any atom is -0.342 e. The molecule has 8 heteroatoms. The van der Waals surface area contributed by atoms with Gasteiger partial charge in [0.1, 0.15) is 18.3 Å². The van der Waals surface area contributed by atoms with E-state index in [-0.39, 0.29) is 12.7 Å². The second-order valence-electron chi connectivity index (χ2n) is 4.64. The Bertz CT molecular complexity index is 350. The first kappa shape index (κ1) is 12.3. The lowest BCUT2D eigenvalue weighted by molar-refractivity contribution is -0.211. The molecule has 3 aliphatic rings. The van der Waals surface area contributed by atoms with Gasteiger partial charge in [-0.05, 0) is 13.8 Å². The van der Waals surface area contributed by atoms with Crippen molar-refractivity contribution in [1.82, 2.24) is 0 Å². The molecule has 6 nitrogen and oxygen atoms in total. The predicted molar refractivity (Wildman–Crippen MR) is 57.3 cm³/mol. The second-order valence-corrected chi connectivity index (χ2v) is 5.98. The molecule has 0 aliphatic carbocycles. The van der Waals surface area contributed by atoms with Crippen molar-refractivity contribution in [3.05, 3.63) is 0 Å². The van der Waals surface area contributed by atoms with Gasteiger partial charge in [-0.3, -0.25) is 8.37 Å². The molecule has 3 saturated heterocycles. The highest BCUT2D eigenvalue weighted by Gasteiger charge is 2.57. The van der Waals surface area contributed by atoms with Crippen LogP contribution in [-0.2, 0) is 33.9 Å². The Balaban J connectivity index is 1.70. The molecule has 0 aromatic rings. The predicted octanol–water partition coefficient (Wildman–Crippen LogP) is 0.464. The average molecular weight is 285 g/mol. The summed E-state index contributed by atoms with van der Waals surface area (Å²) in [5, 5.41) is -0.412. The average Bonchev–Trinajstić information content (AvgIpc) is 2.83. The van der Waals surface area contributed by atoms with Gasteiger partial charge in [0.25, 0.3) is 0 Å². The van der Waals surface area contributed by atoms with Gasteiger partial charge in [-0.1, -0.05) is 0 Å². The van der Waals surface area contributed by atoms with Crippen LogP contribution < -0.4 is 0 Å². The maximum Gasteiger partial charge on any atom is 0.305 e. The van der Waals surface area contributed by atoms with Crippen LogP contribution in [0.2, 0.25) is 0 Å². The molecule has 17 heavy (non-hydrogen) atoms. The molecule has 0 N–H and O–H groups in total. The molecule has 6 unspecified atom stereocenters. The molecule has 3 aliphatic heterocycles. The first-order valence-electron chi connectivity index (χ1n) is 5.34. The molecule has 3 rings (SSSR count). The lowest BCUT2D eigenvalue weighted by atomic mass is 10.1. The van der Waals surface area contributed by atoms with E-state index < -0.39 is 41.0 Å². The van der Waals surface area contributed by atoms with Crippen LogP contribution in [0.1, 0.15) is 13.8 Å². The molecule has 0 spiro atoms. The third kappa shape index (κ3) is 2.14. The summed E-state index contributed by atoms with van der Waals surface area (Å²) >= 11 is 4.56. The number of fused-ring (bicyclic) bond motifs is 1. The molecule has 6 atom stereocenters. The van der Waals surface area contributed by atoms with Gasteiger partial charge in [0.15, 0.2) is 12.1 Å². The van der Waals surface area contributed by atoms with Crippen molar-refractivity contribution in [3.8, 4) is 0 Å². The van der Waals surface area contributed by atoms with E-state index in [4.69, 9.17) is 34.2 Å². The van der Waals surface area contributed by atoms with Gasteiger partial charge in [-0.25, -0.2) is 0 Å². The number of hydrogen-bond acceptors (Lipinski definition) is 6. The highest BCUT2D eigenvalue weighted by atomic mass is 35.5. The minimum atomic E-state index is -1.71. The fourth-order valence-electron chi connectivity index (χ4n) is 2.22. The fourth-order valence-corrected chi connectivity index (χ4v) is 3.28. The summed E-state index contributed by atoms with van der Waals surface area (Å²) < 4.78 is 37.7. The van der Waals surface area contributed by atoms with Crippen molar-refractivity contribution < 1.29 is 26.8 Å². The van der Waals surface area contributed by atoms with Crippen molar-refractivity contribution >= 4 is 23.0 Å². The quantitative estimate of drug-likeness (QED) is 0.652. The Labute approximate surface area is 106 Å². The fraction of sp³-hybridized carbons (Fsp3) is 1.00. The van der Waals surface area contributed by atoms with Gasteiger partial charge >= 0.3 is 11.4 Å². The van der Waals surface area contributed by atoms with Crippen molar-refractivity contribution in [2.45, 2.75) is 49.6 Å². The van der Waals surface area contributed by atoms with Gasteiger partial charge in [0.05, 0.1) is 12.0 Å². The largest absolute Gasteiger partial charge is 0.342 e. The summed E-state index contributed by atoms with van der Waals surface area (Å²) in [5.41, 5.74) is 0. The molecule has 0 bridgehead atoms. The zero-order chi connectivity index (χ0) is 12.2.